The largest absolute Gasteiger partial charge is 0.462 e. The zero-order chi connectivity index (χ0) is 20.2. The molecule has 1 N–H and O–H groups in total. The van der Waals surface area contributed by atoms with Gasteiger partial charge in [-0.1, -0.05) is 54.2 Å². The number of esters is 1. The standard InChI is InChI=1S/C22H18N2O3S2/c1-2-27-21(26)16-10-6-7-14(11-16)12-29-22-23-19(25)18-17(13-28-20(18)24-22)15-8-4-3-5-9-15/h3-11,13H,2,12H2,1H3,(H,23,24,25). The normalized spacial score (nSPS) is 10.9. The molecule has 29 heavy (non-hydrogen) atoms. The van der Waals surface area contributed by atoms with Gasteiger partial charge in [0, 0.05) is 16.7 Å². The van der Waals surface area contributed by atoms with E-state index in [2.05, 4.69) is 9.97 Å². The molecule has 4 rings (SSSR count). The SMILES string of the molecule is CCOC(=O)c1cccc(CSc2nc3scc(-c4ccccc4)c3c(=O)[nH]2)c1. The zero-order valence-electron chi connectivity index (χ0n) is 15.7. The van der Waals surface area contributed by atoms with E-state index in [1.54, 1.807) is 19.1 Å². The fourth-order valence-electron chi connectivity index (χ4n) is 2.98. The summed E-state index contributed by atoms with van der Waals surface area (Å²) in [4.78, 5) is 32.8. The maximum absolute atomic E-state index is 12.7. The number of nitrogens with zero attached hydrogens (tertiary/aromatic N) is 1. The lowest BCUT2D eigenvalue weighted by molar-refractivity contribution is 0.0526. The van der Waals surface area contributed by atoms with Crippen LogP contribution in [0.25, 0.3) is 21.3 Å². The Labute approximate surface area is 175 Å². The van der Waals surface area contributed by atoms with Crippen LogP contribution in [0.15, 0.2) is 69.9 Å². The van der Waals surface area contributed by atoms with Crippen molar-refractivity contribution in [1.29, 1.82) is 0 Å². The summed E-state index contributed by atoms with van der Waals surface area (Å²) in [5.41, 5.74) is 3.24. The van der Waals surface area contributed by atoms with Crippen molar-refractivity contribution in [2.75, 3.05) is 6.61 Å². The fourth-order valence-corrected chi connectivity index (χ4v) is 4.79. The molecule has 2 aromatic carbocycles. The van der Waals surface area contributed by atoms with Crippen LogP contribution in [0.4, 0.5) is 0 Å². The molecule has 146 valence electrons. The minimum Gasteiger partial charge on any atom is -0.462 e. The Morgan fingerprint density at radius 1 is 1.17 bits per heavy atom. The van der Waals surface area contributed by atoms with Crippen LogP contribution >= 0.6 is 23.1 Å². The topological polar surface area (TPSA) is 72.0 Å². The number of carbonyl (C=O) groups excluding carboxylic acids is 1. The van der Waals surface area contributed by atoms with E-state index >= 15 is 0 Å². The molecule has 2 aromatic heterocycles. The number of thiophene rings is 1. The Balaban J connectivity index is 1.56. The Hall–Kier alpha value is -2.90. The van der Waals surface area contributed by atoms with Crippen molar-refractivity contribution in [3.63, 3.8) is 0 Å². The van der Waals surface area contributed by atoms with Gasteiger partial charge in [0.15, 0.2) is 5.16 Å². The number of benzene rings is 2. The second kappa shape index (κ2) is 8.63. The molecular formula is C22H18N2O3S2. The molecule has 0 aliphatic carbocycles. The molecular weight excluding hydrogens is 404 g/mol. The highest BCUT2D eigenvalue weighted by atomic mass is 32.2. The Kier molecular flexibility index (Phi) is 5.78. The van der Waals surface area contributed by atoms with Crippen LogP contribution in [0.3, 0.4) is 0 Å². The van der Waals surface area contributed by atoms with E-state index < -0.39 is 0 Å². The average Bonchev–Trinajstić information content (AvgIpc) is 3.18. The van der Waals surface area contributed by atoms with Gasteiger partial charge in [0.05, 0.1) is 17.6 Å². The lowest BCUT2D eigenvalue weighted by atomic mass is 10.1. The molecule has 0 unspecified atom stereocenters. The van der Waals surface area contributed by atoms with Crippen LogP contribution in [-0.2, 0) is 10.5 Å². The van der Waals surface area contributed by atoms with E-state index in [-0.39, 0.29) is 11.5 Å². The van der Waals surface area contributed by atoms with Crippen LogP contribution in [0.1, 0.15) is 22.8 Å². The third-order valence-electron chi connectivity index (χ3n) is 4.32. The Morgan fingerprint density at radius 3 is 2.79 bits per heavy atom. The average molecular weight is 423 g/mol. The number of ether oxygens (including phenoxy) is 1. The van der Waals surface area contributed by atoms with E-state index in [1.807, 2.05) is 47.8 Å². The molecule has 0 radical (unpaired) electrons. The van der Waals surface area contributed by atoms with Crippen LogP contribution in [0.2, 0.25) is 0 Å². The highest BCUT2D eigenvalue weighted by Gasteiger charge is 2.13. The molecule has 0 aliphatic heterocycles. The van der Waals surface area contributed by atoms with Crippen LogP contribution in [0.5, 0.6) is 0 Å². The number of rotatable bonds is 6. The summed E-state index contributed by atoms with van der Waals surface area (Å²) in [6.07, 6.45) is 0. The minimum absolute atomic E-state index is 0.141. The van der Waals surface area contributed by atoms with Crippen molar-refractivity contribution >= 4 is 39.3 Å². The quantitative estimate of drug-likeness (QED) is 0.265. The number of H-pyrrole nitrogens is 1. The Bertz CT molecular complexity index is 1220. The molecule has 2 heterocycles. The van der Waals surface area contributed by atoms with Crippen LogP contribution in [0, 0.1) is 0 Å². The van der Waals surface area contributed by atoms with Gasteiger partial charge in [-0.3, -0.25) is 4.79 Å². The predicted molar refractivity (Wildman–Crippen MR) is 118 cm³/mol. The first-order valence-corrected chi connectivity index (χ1v) is 11.0. The summed E-state index contributed by atoms with van der Waals surface area (Å²) in [6.45, 7) is 2.12. The van der Waals surface area contributed by atoms with E-state index in [4.69, 9.17) is 4.74 Å². The molecule has 7 heteroatoms. The first-order chi connectivity index (χ1) is 14.2. The predicted octanol–water partition coefficient (Wildman–Crippen LogP) is 5.12. The first-order valence-electron chi connectivity index (χ1n) is 9.11. The van der Waals surface area contributed by atoms with Gasteiger partial charge in [-0.2, -0.15) is 0 Å². The van der Waals surface area contributed by atoms with E-state index in [0.29, 0.717) is 28.5 Å². The lowest BCUT2D eigenvalue weighted by Crippen LogP contribution is -2.08. The van der Waals surface area contributed by atoms with Gasteiger partial charge in [-0.25, -0.2) is 9.78 Å². The summed E-state index contributed by atoms with van der Waals surface area (Å²) in [7, 11) is 0. The molecule has 0 bridgehead atoms. The molecule has 0 aliphatic rings. The maximum atomic E-state index is 12.7. The molecule has 0 fully saturated rings. The Morgan fingerprint density at radius 2 is 2.00 bits per heavy atom. The number of aromatic nitrogens is 2. The van der Waals surface area contributed by atoms with Crippen molar-refractivity contribution in [2.45, 2.75) is 17.8 Å². The van der Waals surface area contributed by atoms with Gasteiger partial charge in [0.2, 0.25) is 0 Å². The minimum atomic E-state index is -0.334. The van der Waals surface area contributed by atoms with Crippen LogP contribution in [-0.4, -0.2) is 22.5 Å². The molecule has 4 aromatic rings. The monoisotopic (exact) mass is 422 g/mol. The molecule has 0 saturated heterocycles. The summed E-state index contributed by atoms with van der Waals surface area (Å²) in [5.74, 6) is 0.248. The van der Waals surface area contributed by atoms with Crippen molar-refractivity contribution in [2.24, 2.45) is 0 Å². The van der Waals surface area contributed by atoms with Gasteiger partial charge in [0.1, 0.15) is 4.83 Å². The van der Waals surface area contributed by atoms with Gasteiger partial charge in [-0.05, 0) is 30.2 Å². The van der Waals surface area contributed by atoms with Crippen molar-refractivity contribution in [1.82, 2.24) is 9.97 Å². The summed E-state index contributed by atoms with van der Waals surface area (Å²) >= 11 is 2.89. The number of hydrogen-bond donors (Lipinski definition) is 1. The zero-order valence-corrected chi connectivity index (χ0v) is 17.3. The summed E-state index contributed by atoms with van der Waals surface area (Å²) in [5, 5.41) is 3.15. The fraction of sp³-hybridized carbons (Fsp3) is 0.136. The number of nitrogens with one attached hydrogen (secondary N) is 1. The first kappa shape index (κ1) is 19.4. The maximum Gasteiger partial charge on any atom is 0.338 e. The molecule has 5 nitrogen and oxygen atoms in total. The van der Waals surface area contributed by atoms with Gasteiger partial charge < -0.3 is 9.72 Å². The molecule has 0 atom stereocenters. The summed E-state index contributed by atoms with van der Waals surface area (Å²) in [6, 6.07) is 17.1. The van der Waals surface area contributed by atoms with E-state index in [1.165, 1.54) is 23.1 Å². The van der Waals surface area contributed by atoms with Crippen molar-refractivity contribution in [3.8, 4) is 11.1 Å². The van der Waals surface area contributed by atoms with E-state index in [9.17, 15) is 9.59 Å². The van der Waals surface area contributed by atoms with Gasteiger partial charge >= 0.3 is 5.97 Å². The van der Waals surface area contributed by atoms with Crippen molar-refractivity contribution in [3.05, 3.63) is 81.5 Å². The van der Waals surface area contributed by atoms with Crippen LogP contribution < -0.4 is 5.56 Å². The number of carbonyl (C=O) groups is 1. The van der Waals surface area contributed by atoms with Crippen molar-refractivity contribution < 1.29 is 9.53 Å². The molecule has 0 amide bonds. The third-order valence-corrected chi connectivity index (χ3v) is 6.14. The molecule has 0 saturated carbocycles. The number of fused-ring (bicyclic) bond motifs is 1. The van der Waals surface area contributed by atoms with E-state index in [0.717, 1.165) is 21.5 Å². The highest BCUT2D eigenvalue weighted by Crippen LogP contribution is 2.31. The third kappa shape index (κ3) is 4.26. The second-order valence-electron chi connectivity index (χ2n) is 6.28. The number of thioether (sulfide) groups is 1. The van der Waals surface area contributed by atoms with Gasteiger partial charge in [0.25, 0.3) is 5.56 Å². The summed E-state index contributed by atoms with van der Waals surface area (Å²) < 4.78 is 5.04. The second-order valence-corrected chi connectivity index (χ2v) is 8.10. The van der Waals surface area contributed by atoms with Gasteiger partial charge in [-0.15, -0.1) is 11.3 Å². The number of aromatic amines is 1. The molecule has 0 spiro atoms. The lowest BCUT2D eigenvalue weighted by Gasteiger charge is -2.05. The highest BCUT2D eigenvalue weighted by molar-refractivity contribution is 7.98. The smallest absolute Gasteiger partial charge is 0.338 e. The number of hydrogen-bond acceptors (Lipinski definition) is 6.